The largest absolute Gasteiger partial charge is 0.497 e. The van der Waals surface area contributed by atoms with Gasteiger partial charge in [0.05, 0.1) is 18.1 Å². The van der Waals surface area contributed by atoms with Gasteiger partial charge in [-0.25, -0.2) is 0 Å². The normalized spacial score (nSPS) is 14.5. The highest BCUT2D eigenvalue weighted by molar-refractivity contribution is 5.83. The first kappa shape index (κ1) is 21.4. The maximum atomic E-state index is 13.4. The zero-order valence-corrected chi connectivity index (χ0v) is 19.3. The number of benzene rings is 3. The average molecular weight is 473 g/mol. The van der Waals surface area contributed by atoms with Gasteiger partial charge in [0.2, 0.25) is 18.0 Å². The number of ether oxygens (including phenoxy) is 5. The van der Waals surface area contributed by atoms with Crippen LogP contribution >= 0.6 is 0 Å². The summed E-state index contributed by atoms with van der Waals surface area (Å²) in [7, 11) is 1.60. The van der Waals surface area contributed by atoms with Gasteiger partial charge in [-0.3, -0.25) is 9.69 Å². The Labute approximate surface area is 201 Å². The fourth-order valence-corrected chi connectivity index (χ4v) is 4.38. The Morgan fingerprint density at radius 3 is 2.51 bits per heavy atom. The molecule has 8 heteroatoms. The van der Waals surface area contributed by atoms with Gasteiger partial charge in [0, 0.05) is 13.1 Å². The second kappa shape index (κ2) is 8.56. The third kappa shape index (κ3) is 3.91. The van der Waals surface area contributed by atoms with Gasteiger partial charge in [0.1, 0.15) is 35.3 Å². The number of nitrogens with zero attached hydrogens (tertiary/aromatic N) is 1. The predicted octanol–water partition coefficient (Wildman–Crippen LogP) is 4.98. The lowest BCUT2D eigenvalue weighted by atomic mass is 10.1. The molecule has 2 aliphatic heterocycles. The van der Waals surface area contributed by atoms with E-state index in [-0.39, 0.29) is 18.0 Å². The van der Waals surface area contributed by atoms with Gasteiger partial charge in [0.25, 0.3) is 0 Å². The van der Waals surface area contributed by atoms with Gasteiger partial charge in [-0.2, -0.15) is 0 Å². The first-order valence-electron chi connectivity index (χ1n) is 11.2. The molecule has 0 saturated carbocycles. The van der Waals surface area contributed by atoms with Crippen LogP contribution in [0.25, 0.3) is 11.0 Å². The van der Waals surface area contributed by atoms with E-state index < -0.39 is 0 Å². The van der Waals surface area contributed by atoms with Crippen LogP contribution in [0.3, 0.4) is 0 Å². The van der Waals surface area contributed by atoms with Crippen molar-refractivity contribution in [2.75, 3.05) is 20.6 Å². The highest BCUT2D eigenvalue weighted by Gasteiger charge is 2.25. The number of aryl methyl sites for hydroxylation is 1. The molecule has 3 aromatic carbocycles. The predicted molar refractivity (Wildman–Crippen MR) is 128 cm³/mol. The van der Waals surface area contributed by atoms with E-state index in [4.69, 9.17) is 28.1 Å². The van der Waals surface area contributed by atoms with E-state index >= 15 is 0 Å². The van der Waals surface area contributed by atoms with E-state index in [9.17, 15) is 4.79 Å². The van der Waals surface area contributed by atoms with Crippen molar-refractivity contribution in [1.29, 1.82) is 0 Å². The van der Waals surface area contributed by atoms with Crippen molar-refractivity contribution in [2.24, 2.45) is 0 Å². The molecule has 0 aliphatic carbocycles. The first-order chi connectivity index (χ1) is 17.1. The van der Waals surface area contributed by atoms with Crippen molar-refractivity contribution in [3.8, 4) is 34.5 Å². The van der Waals surface area contributed by atoms with Crippen LogP contribution in [0.1, 0.15) is 16.9 Å². The summed E-state index contributed by atoms with van der Waals surface area (Å²) < 4.78 is 34.1. The Bertz CT molecular complexity index is 1480. The Balaban J connectivity index is 1.30. The van der Waals surface area contributed by atoms with Crippen LogP contribution in [0.2, 0.25) is 0 Å². The number of hydrogen-bond acceptors (Lipinski definition) is 8. The van der Waals surface area contributed by atoms with E-state index in [0.29, 0.717) is 53.8 Å². The minimum absolute atomic E-state index is 0.163. The Morgan fingerprint density at radius 1 is 0.914 bits per heavy atom. The molecule has 0 saturated heterocycles. The van der Waals surface area contributed by atoms with E-state index in [1.54, 1.807) is 44.4 Å². The summed E-state index contributed by atoms with van der Waals surface area (Å²) in [6.45, 7) is 3.62. The molecule has 2 aliphatic rings. The molecule has 0 spiro atoms. The molecule has 0 amide bonds. The monoisotopic (exact) mass is 473 g/mol. The van der Waals surface area contributed by atoms with Crippen molar-refractivity contribution in [2.45, 2.75) is 20.0 Å². The molecule has 3 heterocycles. The average Bonchev–Trinajstić information content (AvgIpc) is 3.35. The van der Waals surface area contributed by atoms with Gasteiger partial charge < -0.3 is 28.1 Å². The Kier molecular flexibility index (Phi) is 5.22. The lowest BCUT2D eigenvalue weighted by Gasteiger charge is -2.29. The van der Waals surface area contributed by atoms with E-state index in [1.165, 1.54) is 0 Å². The van der Waals surface area contributed by atoms with E-state index in [1.807, 2.05) is 24.3 Å². The van der Waals surface area contributed by atoms with Gasteiger partial charge >= 0.3 is 0 Å². The van der Waals surface area contributed by atoms with Crippen LogP contribution < -0.4 is 29.1 Å². The fourth-order valence-electron chi connectivity index (χ4n) is 4.38. The summed E-state index contributed by atoms with van der Waals surface area (Å²) in [4.78, 5) is 15.5. The molecule has 0 fully saturated rings. The SMILES string of the molecule is COc1ccc(Oc2c(C)oc3c4c(ccc3c2=O)OCN(Cc2ccc3c(c2)OCO3)C4)cc1. The number of fused-ring (bicyclic) bond motifs is 4. The molecule has 4 aromatic rings. The highest BCUT2D eigenvalue weighted by atomic mass is 16.7. The summed E-state index contributed by atoms with van der Waals surface area (Å²) in [5, 5.41) is 0.450. The molecule has 0 radical (unpaired) electrons. The molecule has 6 rings (SSSR count). The first-order valence-corrected chi connectivity index (χ1v) is 11.2. The van der Waals surface area contributed by atoms with Crippen LogP contribution in [0.15, 0.2) is 63.8 Å². The summed E-state index contributed by atoms with van der Waals surface area (Å²) in [6, 6.07) is 16.5. The fraction of sp³-hybridized carbons (Fsp3) is 0.222. The lowest BCUT2D eigenvalue weighted by Crippen LogP contribution is -2.31. The van der Waals surface area contributed by atoms with Crippen LogP contribution in [0.5, 0.6) is 34.5 Å². The van der Waals surface area contributed by atoms with Crippen molar-refractivity contribution >= 4 is 11.0 Å². The molecule has 178 valence electrons. The quantitative estimate of drug-likeness (QED) is 0.401. The molecule has 0 unspecified atom stereocenters. The van der Waals surface area contributed by atoms with E-state index in [2.05, 4.69) is 4.90 Å². The Hall–Kier alpha value is -4.17. The minimum atomic E-state index is -0.227. The van der Waals surface area contributed by atoms with Crippen molar-refractivity contribution in [3.63, 3.8) is 0 Å². The van der Waals surface area contributed by atoms with Crippen LogP contribution in [-0.2, 0) is 13.1 Å². The number of methoxy groups -OCH3 is 1. The van der Waals surface area contributed by atoms with Crippen molar-refractivity contribution < 1.29 is 28.1 Å². The number of rotatable bonds is 5. The second-order valence-corrected chi connectivity index (χ2v) is 8.46. The summed E-state index contributed by atoms with van der Waals surface area (Å²) in [5.41, 5.74) is 2.21. The molecule has 0 bridgehead atoms. The molecule has 35 heavy (non-hydrogen) atoms. The summed E-state index contributed by atoms with van der Waals surface area (Å²) >= 11 is 0. The molecule has 1 aromatic heterocycles. The van der Waals surface area contributed by atoms with Crippen LogP contribution in [0.4, 0.5) is 0 Å². The van der Waals surface area contributed by atoms with Gasteiger partial charge in [0.15, 0.2) is 11.5 Å². The molecule has 0 atom stereocenters. The Morgan fingerprint density at radius 2 is 1.69 bits per heavy atom. The molecule has 0 N–H and O–H groups in total. The standard InChI is InChI=1S/C27H23NO7/c1-16-26(35-19-6-4-18(30-2)5-7-19)25(29)20-8-10-22-21(27(20)34-16)13-28(14-31-22)12-17-3-9-23-24(11-17)33-15-32-23/h3-11H,12-15H2,1-2H3. The maximum absolute atomic E-state index is 13.4. The van der Waals surface area contributed by atoms with Crippen molar-refractivity contribution in [1.82, 2.24) is 4.90 Å². The second-order valence-electron chi connectivity index (χ2n) is 8.46. The maximum Gasteiger partial charge on any atom is 0.235 e. The molecular weight excluding hydrogens is 450 g/mol. The summed E-state index contributed by atoms with van der Waals surface area (Å²) in [6.07, 6.45) is 0. The number of hydrogen-bond donors (Lipinski definition) is 0. The topological polar surface area (TPSA) is 79.6 Å². The zero-order valence-electron chi connectivity index (χ0n) is 19.3. The zero-order chi connectivity index (χ0) is 23.9. The van der Waals surface area contributed by atoms with Gasteiger partial charge in [-0.1, -0.05) is 6.07 Å². The third-order valence-corrected chi connectivity index (χ3v) is 6.15. The minimum Gasteiger partial charge on any atom is -0.497 e. The lowest BCUT2D eigenvalue weighted by molar-refractivity contribution is 0.0889. The van der Waals surface area contributed by atoms with Gasteiger partial charge in [-0.15, -0.1) is 0 Å². The van der Waals surface area contributed by atoms with Crippen molar-refractivity contribution in [3.05, 3.63) is 81.7 Å². The third-order valence-electron chi connectivity index (χ3n) is 6.15. The summed E-state index contributed by atoms with van der Waals surface area (Å²) in [5.74, 6) is 4.01. The highest BCUT2D eigenvalue weighted by Crippen LogP contribution is 2.36. The van der Waals surface area contributed by atoms with Crippen LogP contribution in [-0.4, -0.2) is 25.5 Å². The van der Waals surface area contributed by atoms with Gasteiger partial charge in [-0.05, 0) is 61.0 Å². The van der Waals surface area contributed by atoms with E-state index in [0.717, 1.165) is 22.6 Å². The van der Waals surface area contributed by atoms with Crippen LogP contribution in [0, 0.1) is 6.92 Å². The molecular formula is C27H23NO7. The molecule has 8 nitrogen and oxygen atoms in total. The smallest absolute Gasteiger partial charge is 0.235 e.